The zero-order valence-electron chi connectivity index (χ0n) is 6.17. The summed E-state index contributed by atoms with van der Waals surface area (Å²) >= 11 is 0. The summed E-state index contributed by atoms with van der Waals surface area (Å²) in [5.74, 6) is 0. The fraction of sp³-hybridized carbons (Fsp3) is 0.333. The van der Waals surface area contributed by atoms with Crippen molar-refractivity contribution in [2.45, 2.75) is 19.3 Å². The number of hydrogen-bond acceptors (Lipinski definition) is 2. The monoisotopic (exact) mass is 144 g/mol. The predicted molar refractivity (Wildman–Crippen MR) is 41.2 cm³/mol. The summed E-state index contributed by atoms with van der Waals surface area (Å²) in [6, 6.07) is 4.03. The Hall–Kier alpha value is -1.54. The maximum Gasteiger partial charge on any atom is 0.0961 e. The highest BCUT2D eigenvalue weighted by molar-refractivity contribution is 5.39. The smallest absolute Gasteiger partial charge is 0.0961 e. The fourth-order valence-electron chi connectivity index (χ4n) is 1.10. The number of nitrogens with zero attached hydrogens (tertiary/aromatic N) is 2. The van der Waals surface area contributed by atoms with Crippen LogP contribution in [0, 0.1) is 22.7 Å². The molecule has 2 nitrogen and oxygen atoms in total. The first-order chi connectivity index (χ1) is 5.38. The molecule has 0 amide bonds. The van der Waals surface area contributed by atoms with Crippen molar-refractivity contribution in [2.24, 2.45) is 0 Å². The standard InChI is InChI=1S/C9H8N2/c10-6-5-9(7-11)8-3-1-2-4-8/h1,3H,2,4-5H2. The Morgan fingerprint density at radius 2 is 2.36 bits per heavy atom. The molecule has 0 heterocycles. The molecule has 0 aliphatic heterocycles. The van der Waals surface area contributed by atoms with Gasteiger partial charge >= 0.3 is 0 Å². The lowest BCUT2D eigenvalue weighted by molar-refractivity contribution is 1.04. The SMILES string of the molecule is N#CCC(C#N)=C1C=CCC1. The first-order valence-corrected chi connectivity index (χ1v) is 3.54. The molecule has 1 rings (SSSR count). The van der Waals surface area contributed by atoms with Crippen molar-refractivity contribution in [3.05, 3.63) is 23.3 Å². The van der Waals surface area contributed by atoms with Gasteiger partial charge in [-0.1, -0.05) is 12.2 Å². The van der Waals surface area contributed by atoms with Crippen LogP contribution in [0.1, 0.15) is 19.3 Å². The van der Waals surface area contributed by atoms with E-state index in [1.807, 2.05) is 18.2 Å². The highest BCUT2D eigenvalue weighted by atomic mass is 14.3. The highest BCUT2D eigenvalue weighted by Crippen LogP contribution is 2.20. The van der Waals surface area contributed by atoms with Crippen LogP contribution in [0.2, 0.25) is 0 Å². The van der Waals surface area contributed by atoms with Crippen LogP contribution in [0.5, 0.6) is 0 Å². The molecule has 0 spiro atoms. The summed E-state index contributed by atoms with van der Waals surface area (Å²) < 4.78 is 0. The van der Waals surface area contributed by atoms with Gasteiger partial charge in [0.2, 0.25) is 0 Å². The number of allylic oxidation sites excluding steroid dienone is 4. The van der Waals surface area contributed by atoms with Crippen LogP contribution in [-0.4, -0.2) is 0 Å². The van der Waals surface area contributed by atoms with Crippen LogP contribution in [0.25, 0.3) is 0 Å². The third-order valence-corrected chi connectivity index (χ3v) is 1.68. The molecule has 0 aromatic heterocycles. The molecule has 0 atom stereocenters. The molecular formula is C9H8N2. The van der Waals surface area contributed by atoms with E-state index < -0.39 is 0 Å². The van der Waals surface area contributed by atoms with Gasteiger partial charge in [0.25, 0.3) is 0 Å². The van der Waals surface area contributed by atoms with E-state index in [9.17, 15) is 0 Å². The minimum absolute atomic E-state index is 0.246. The summed E-state index contributed by atoms with van der Waals surface area (Å²) in [7, 11) is 0. The molecule has 0 saturated carbocycles. The molecule has 0 aromatic carbocycles. The summed E-state index contributed by atoms with van der Waals surface area (Å²) in [6.07, 6.45) is 6.15. The van der Waals surface area contributed by atoms with Crippen LogP contribution in [-0.2, 0) is 0 Å². The number of rotatable bonds is 1. The zero-order chi connectivity index (χ0) is 8.10. The van der Waals surface area contributed by atoms with Crippen molar-refractivity contribution in [3.8, 4) is 12.1 Å². The van der Waals surface area contributed by atoms with Crippen LogP contribution in [0.15, 0.2) is 23.3 Å². The lowest BCUT2D eigenvalue weighted by Crippen LogP contribution is -1.82. The Morgan fingerprint density at radius 3 is 2.82 bits per heavy atom. The summed E-state index contributed by atoms with van der Waals surface area (Å²) in [5, 5.41) is 17.0. The van der Waals surface area contributed by atoms with Gasteiger partial charge in [-0.25, -0.2) is 0 Å². The molecule has 0 N–H and O–H groups in total. The second-order valence-corrected chi connectivity index (χ2v) is 2.39. The van der Waals surface area contributed by atoms with Gasteiger partial charge in [-0.3, -0.25) is 0 Å². The normalized spacial score (nSPS) is 19.1. The van der Waals surface area contributed by atoms with Crippen molar-refractivity contribution in [3.63, 3.8) is 0 Å². The Morgan fingerprint density at radius 1 is 1.55 bits per heavy atom. The molecule has 2 heteroatoms. The lowest BCUT2D eigenvalue weighted by atomic mass is 10.1. The van der Waals surface area contributed by atoms with Gasteiger partial charge in [0.15, 0.2) is 0 Å². The quantitative estimate of drug-likeness (QED) is 0.529. The molecule has 11 heavy (non-hydrogen) atoms. The second-order valence-electron chi connectivity index (χ2n) is 2.39. The van der Waals surface area contributed by atoms with Crippen molar-refractivity contribution < 1.29 is 0 Å². The topological polar surface area (TPSA) is 47.6 Å². The largest absolute Gasteiger partial charge is 0.198 e. The van der Waals surface area contributed by atoms with Crippen LogP contribution < -0.4 is 0 Å². The van der Waals surface area contributed by atoms with Crippen molar-refractivity contribution in [2.75, 3.05) is 0 Å². The molecule has 0 unspecified atom stereocenters. The van der Waals surface area contributed by atoms with Crippen LogP contribution in [0.4, 0.5) is 0 Å². The molecular weight excluding hydrogens is 136 g/mol. The summed E-state index contributed by atoms with van der Waals surface area (Å²) in [5.41, 5.74) is 1.66. The zero-order valence-corrected chi connectivity index (χ0v) is 6.17. The van der Waals surface area contributed by atoms with Gasteiger partial charge in [0, 0.05) is 5.57 Å². The van der Waals surface area contributed by atoms with Gasteiger partial charge in [0.1, 0.15) is 0 Å². The van der Waals surface area contributed by atoms with Gasteiger partial charge in [-0.15, -0.1) is 0 Å². The van der Waals surface area contributed by atoms with Crippen molar-refractivity contribution in [1.29, 1.82) is 10.5 Å². The van der Waals surface area contributed by atoms with E-state index in [4.69, 9.17) is 10.5 Å². The lowest BCUT2D eigenvalue weighted by Gasteiger charge is -1.94. The molecule has 1 aliphatic rings. The molecule has 0 aromatic rings. The molecule has 54 valence electrons. The Kier molecular flexibility index (Phi) is 2.47. The Bertz CT molecular complexity index is 284. The predicted octanol–water partition coefficient (Wildman–Crippen LogP) is 2.07. The minimum Gasteiger partial charge on any atom is -0.198 e. The summed E-state index contributed by atoms with van der Waals surface area (Å²) in [6.45, 7) is 0. The van der Waals surface area contributed by atoms with Crippen molar-refractivity contribution in [1.82, 2.24) is 0 Å². The van der Waals surface area contributed by atoms with E-state index in [0.717, 1.165) is 18.4 Å². The molecule has 0 radical (unpaired) electrons. The van der Waals surface area contributed by atoms with E-state index in [-0.39, 0.29) is 6.42 Å². The van der Waals surface area contributed by atoms with Gasteiger partial charge in [0.05, 0.1) is 18.6 Å². The molecule has 0 fully saturated rings. The number of hydrogen-bond donors (Lipinski definition) is 0. The molecule has 1 aliphatic carbocycles. The average Bonchev–Trinajstić information content (AvgIpc) is 2.52. The third kappa shape index (κ3) is 1.69. The van der Waals surface area contributed by atoms with E-state index >= 15 is 0 Å². The average molecular weight is 144 g/mol. The van der Waals surface area contributed by atoms with Gasteiger partial charge < -0.3 is 0 Å². The highest BCUT2D eigenvalue weighted by Gasteiger charge is 2.06. The third-order valence-electron chi connectivity index (χ3n) is 1.68. The van der Waals surface area contributed by atoms with Crippen LogP contribution in [0.3, 0.4) is 0 Å². The maximum atomic E-state index is 8.62. The first-order valence-electron chi connectivity index (χ1n) is 3.54. The van der Waals surface area contributed by atoms with Crippen LogP contribution >= 0.6 is 0 Å². The minimum atomic E-state index is 0.246. The van der Waals surface area contributed by atoms with E-state index in [1.54, 1.807) is 0 Å². The van der Waals surface area contributed by atoms with E-state index in [0.29, 0.717) is 5.57 Å². The molecule has 0 saturated heterocycles. The second kappa shape index (κ2) is 3.58. The Labute approximate surface area is 66.1 Å². The Balaban J connectivity index is 2.84. The summed E-state index contributed by atoms with van der Waals surface area (Å²) in [4.78, 5) is 0. The maximum absolute atomic E-state index is 8.62. The van der Waals surface area contributed by atoms with Gasteiger partial charge in [-0.05, 0) is 18.4 Å². The number of nitriles is 2. The van der Waals surface area contributed by atoms with Gasteiger partial charge in [-0.2, -0.15) is 10.5 Å². The molecule has 0 bridgehead atoms. The fourth-order valence-corrected chi connectivity index (χ4v) is 1.10. The van der Waals surface area contributed by atoms with E-state index in [1.165, 1.54) is 0 Å². The van der Waals surface area contributed by atoms with Crippen molar-refractivity contribution >= 4 is 0 Å². The first kappa shape index (κ1) is 7.57. The van der Waals surface area contributed by atoms with E-state index in [2.05, 4.69) is 6.07 Å².